The Kier molecular flexibility index (Phi) is 10.3. The van der Waals surface area contributed by atoms with Crippen LogP contribution in [0.15, 0.2) is 34.5 Å². The molecule has 4 rings (SSSR count). The molecule has 2 N–H and O–H groups in total. The average molecular weight is 725 g/mol. The van der Waals surface area contributed by atoms with E-state index in [0.717, 1.165) is 28.0 Å². The Morgan fingerprint density at radius 2 is 1.56 bits per heavy atom. The molecule has 48 heavy (non-hydrogen) atoms. The van der Waals surface area contributed by atoms with E-state index >= 15 is 0 Å². The van der Waals surface area contributed by atoms with E-state index in [1.165, 1.54) is 26.0 Å². The number of hydrogen-bond donors (Lipinski definition) is 2. The number of alkyl halides is 2. The molecule has 0 spiro atoms. The summed E-state index contributed by atoms with van der Waals surface area (Å²) in [5.41, 5.74) is 2.40. The first-order valence-electron chi connectivity index (χ1n) is 15.8. The molecule has 1 aliphatic rings. The van der Waals surface area contributed by atoms with Crippen LogP contribution in [0.25, 0.3) is 11.1 Å². The third kappa shape index (κ3) is 8.27. The second-order valence-corrected chi connectivity index (χ2v) is 22.5. The maximum Gasteiger partial charge on any atom is 0.586 e. The molecule has 0 unspecified atom stereocenters. The van der Waals surface area contributed by atoms with Crippen molar-refractivity contribution in [3.63, 3.8) is 0 Å². The predicted octanol–water partition coefficient (Wildman–Crippen LogP) is 8.18. The molecule has 14 heteroatoms. The number of aromatic nitrogens is 1. The molecule has 1 aliphatic heterocycles. The lowest BCUT2D eigenvalue weighted by molar-refractivity contribution is -0.286. The number of ether oxygens (including phenoxy) is 2. The van der Waals surface area contributed by atoms with Crippen LogP contribution in [-0.4, -0.2) is 39.0 Å². The molecule has 0 fully saturated rings. The van der Waals surface area contributed by atoms with E-state index in [-0.39, 0.29) is 56.3 Å². The van der Waals surface area contributed by atoms with Crippen molar-refractivity contribution >= 4 is 35.6 Å². The van der Waals surface area contributed by atoms with Crippen LogP contribution >= 0.6 is 11.3 Å². The quantitative estimate of drug-likeness (QED) is 0.190. The fourth-order valence-electron chi connectivity index (χ4n) is 5.01. The van der Waals surface area contributed by atoms with Gasteiger partial charge in [0.15, 0.2) is 24.0 Å². The summed E-state index contributed by atoms with van der Waals surface area (Å²) in [5, 5.41) is 10.7. The molecule has 0 saturated heterocycles. The van der Waals surface area contributed by atoms with Gasteiger partial charge in [0.05, 0.1) is 18.7 Å². The number of hydrogen-bond acceptors (Lipinski definition) is 9. The first-order valence-corrected chi connectivity index (χ1v) is 21.0. The molecule has 1 aromatic heterocycles. The summed E-state index contributed by atoms with van der Waals surface area (Å²) in [4.78, 5) is 18.0. The molecule has 9 nitrogen and oxygen atoms in total. The molecule has 2 aromatic carbocycles. The smallest absolute Gasteiger partial charge is 0.411 e. The fraction of sp³-hybridized carbons (Fsp3) is 0.529. The van der Waals surface area contributed by atoms with Gasteiger partial charge in [-0.2, -0.15) is 0 Å². The third-order valence-electron chi connectivity index (χ3n) is 8.69. The van der Waals surface area contributed by atoms with E-state index in [1.807, 2.05) is 52.9 Å². The van der Waals surface area contributed by atoms with Gasteiger partial charge in [-0.1, -0.05) is 66.7 Å². The van der Waals surface area contributed by atoms with Crippen molar-refractivity contribution < 1.29 is 41.0 Å². The number of aliphatic hydroxyl groups is 1. The van der Waals surface area contributed by atoms with Gasteiger partial charge in [-0.3, -0.25) is 4.79 Å². The average Bonchev–Trinajstić information content (AvgIpc) is 3.50. The number of nitrogens with zero attached hydrogens (tertiary/aromatic N) is 1. The van der Waals surface area contributed by atoms with E-state index in [2.05, 4.69) is 40.0 Å². The van der Waals surface area contributed by atoms with Gasteiger partial charge < -0.3 is 19.0 Å². The lowest BCUT2D eigenvalue weighted by atomic mass is 9.84. The topological polar surface area (TPSA) is 124 Å². The summed E-state index contributed by atoms with van der Waals surface area (Å²) >= 11 is 0.809. The van der Waals surface area contributed by atoms with Gasteiger partial charge in [-0.25, -0.2) is 18.1 Å². The van der Waals surface area contributed by atoms with Crippen molar-refractivity contribution in [3.05, 3.63) is 57.7 Å². The van der Waals surface area contributed by atoms with Crippen molar-refractivity contribution in [2.24, 2.45) is 0 Å². The first-order chi connectivity index (χ1) is 21.8. The Morgan fingerprint density at radius 1 is 1.00 bits per heavy atom. The van der Waals surface area contributed by atoms with Crippen molar-refractivity contribution in [2.75, 3.05) is 0 Å². The van der Waals surface area contributed by atoms with Crippen LogP contribution in [0, 0.1) is 0 Å². The Bertz CT molecular complexity index is 1780. The lowest BCUT2D eigenvalue weighted by Gasteiger charge is -2.36. The van der Waals surface area contributed by atoms with Crippen LogP contribution in [0.1, 0.15) is 102 Å². The van der Waals surface area contributed by atoms with E-state index in [9.17, 15) is 27.1 Å². The SMILES string of the molecule is CC(C)c1cc(-c2ccc3c(c2)OC(F)(F)O3)cc(C(C)C)c1CC(=O)NS(=O)(=O)c1sc(C(C)(C)O)nc1CO[Si](C)(C)C(C)(C)C. The van der Waals surface area contributed by atoms with Crippen LogP contribution in [0.3, 0.4) is 0 Å². The summed E-state index contributed by atoms with van der Waals surface area (Å²) < 4.78 is 72.4. The maximum absolute atomic E-state index is 13.8. The van der Waals surface area contributed by atoms with Crippen molar-refractivity contribution in [2.45, 2.75) is 121 Å². The minimum Gasteiger partial charge on any atom is -0.411 e. The van der Waals surface area contributed by atoms with Crippen molar-refractivity contribution in [1.29, 1.82) is 0 Å². The van der Waals surface area contributed by atoms with Gasteiger partial charge in [0.2, 0.25) is 5.91 Å². The standard InChI is InChI=1S/C34H46F2N2O7S2Si/c1-19(2)23-14-22(21-12-13-27-28(16-21)45-34(35,36)44-27)15-24(20(3)4)25(23)17-29(39)38-47(41,42)30-26(37-31(46-30)33(8,9)40)18-43-48(10,11)32(5,6)7/h12-16,19-20,40H,17-18H2,1-11H3,(H,38,39). The van der Waals surface area contributed by atoms with Gasteiger partial charge in [0, 0.05) is 0 Å². The van der Waals surface area contributed by atoms with Gasteiger partial charge >= 0.3 is 6.29 Å². The summed E-state index contributed by atoms with van der Waals surface area (Å²) in [7, 11) is -6.68. The zero-order chi connectivity index (χ0) is 36.2. The monoisotopic (exact) mass is 724 g/mol. The molecule has 1 amide bonds. The molecule has 0 atom stereocenters. The largest absolute Gasteiger partial charge is 0.586 e. The normalized spacial score (nSPS) is 15.0. The highest BCUT2D eigenvalue weighted by molar-refractivity contribution is 7.92. The summed E-state index contributed by atoms with van der Waals surface area (Å²) in [6.07, 6.45) is -3.96. The highest BCUT2D eigenvalue weighted by Crippen LogP contribution is 2.44. The number of fused-ring (bicyclic) bond motifs is 1. The van der Waals surface area contributed by atoms with Crippen LogP contribution < -0.4 is 14.2 Å². The second kappa shape index (κ2) is 13.1. The van der Waals surface area contributed by atoms with Crippen molar-refractivity contribution in [3.8, 4) is 22.6 Å². The highest BCUT2D eigenvalue weighted by Gasteiger charge is 2.43. The Morgan fingerprint density at radius 3 is 2.08 bits per heavy atom. The molecule has 264 valence electrons. The molecule has 2 heterocycles. The van der Waals surface area contributed by atoms with E-state index < -0.39 is 36.1 Å². The van der Waals surface area contributed by atoms with Gasteiger partial charge in [0.1, 0.15) is 10.6 Å². The number of carbonyl (C=O) groups excluding carboxylic acids is 1. The van der Waals surface area contributed by atoms with Gasteiger partial charge in [-0.15, -0.1) is 20.1 Å². The van der Waals surface area contributed by atoms with Crippen LogP contribution in [0.5, 0.6) is 11.5 Å². The van der Waals surface area contributed by atoms with Gasteiger partial charge in [0.25, 0.3) is 10.0 Å². The highest BCUT2D eigenvalue weighted by atomic mass is 32.2. The zero-order valence-electron chi connectivity index (χ0n) is 29.4. The van der Waals surface area contributed by atoms with Crippen LogP contribution in [0.2, 0.25) is 18.1 Å². The van der Waals surface area contributed by atoms with E-state index in [0.29, 0.717) is 11.1 Å². The Labute approximate surface area is 287 Å². The number of amides is 1. The molecular weight excluding hydrogens is 679 g/mol. The van der Waals surface area contributed by atoms with E-state index in [4.69, 9.17) is 4.43 Å². The fourth-order valence-corrected chi connectivity index (χ4v) is 8.42. The third-order valence-corrected chi connectivity index (χ3v) is 16.5. The zero-order valence-corrected chi connectivity index (χ0v) is 32.0. The Balaban J connectivity index is 1.67. The van der Waals surface area contributed by atoms with Crippen LogP contribution in [0.4, 0.5) is 8.78 Å². The number of nitrogens with one attached hydrogen (secondary N) is 1. The van der Waals surface area contributed by atoms with Crippen molar-refractivity contribution in [1.82, 2.24) is 9.71 Å². The molecule has 0 bridgehead atoms. The summed E-state index contributed by atoms with van der Waals surface area (Å²) in [6, 6.07) is 8.35. The Hall–Kier alpha value is -2.91. The van der Waals surface area contributed by atoms with E-state index in [1.54, 1.807) is 6.07 Å². The minimum atomic E-state index is -4.39. The number of halogens is 2. The van der Waals surface area contributed by atoms with Gasteiger partial charge in [-0.05, 0) is 83.8 Å². The number of rotatable bonds is 11. The number of sulfonamides is 1. The second-order valence-electron chi connectivity index (χ2n) is 14.8. The number of thiazole rings is 1. The summed E-state index contributed by atoms with van der Waals surface area (Å²) in [5.74, 6) is -0.985. The molecule has 3 aromatic rings. The number of carbonyl (C=O) groups is 1. The lowest BCUT2D eigenvalue weighted by Crippen LogP contribution is -2.40. The predicted molar refractivity (Wildman–Crippen MR) is 185 cm³/mol. The minimum absolute atomic E-state index is 0.0586. The maximum atomic E-state index is 13.8. The van der Waals surface area contributed by atoms with Crippen LogP contribution in [-0.2, 0) is 37.9 Å². The molecule has 0 radical (unpaired) electrons. The molecular formula is C34H46F2N2O7S2Si. The molecule has 0 aliphatic carbocycles. The molecule has 0 saturated carbocycles. The number of benzene rings is 2. The summed E-state index contributed by atoms with van der Waals surface area (Å²) in [6.45, 7) is 21.1. The first kappa shape index (κ1) is 37.9.